The molecule has 0 heterocycles. The summed E-state index contributed by atoms with van der Waals surface area (Å²) in [5.41, 5.74) is 2.85. The van der Waals surface area contributed by atoms with Crippen LogP contribution < -0.4 is 0 Å². The van der Waals surface area contributed by atoms with E-state index in [0.29, 0.717) is 0 Å². The topological polar surface area (TPSA) is 74.6 Å². The van der Waals surface area contributed by atoms with E-state index in [1.54, 1.807) is 0 Å². The summed E-state index contributed by atoms with van der Waals surface area (Å²) in [7, 11) is 0. The van der Waals surface area contributed by atoms with E-state index in [-0.39, 0.29) is 0 Å². The molecule has 0 amide bonds. The van der Waals surface area contributed by atoms with Gasteiger partial charge in [-0.05, 0) is 17.2 Å². The quantitative estimate of drug-likeness (QED) is 0.568. The van der Waals surface area contributed by atoms with Gasteiger partial charge in [-0.3, -0.25) is 0 Å². The van der Waals surface area contributed by atoms with Crippen molar-refractivity contribution in [3.8, 4) is 11.1 Å². The number of hydrogen-bond donors (Lipinski definition) is 2. The molecule has 2 rings (SSSR count). The zero-order valence-electron chi connectivity index (χ0n) is 6.02. The fourth-order valence-corrected chi connectivity index (χ4v) is 0.676. The van der Waals surface area contributed by atoms with Crippen LogP contribution >= 0.6 is 0 Å². The Balaban J connectivity index is 0.000000120. The smallest absolute Gasteiger partial charge is 0.414 e. The minimum absolute atomic E-state index is 1.43. The third-order valence-corrected chi connectivity index (χ3v) is 1.30. The molecule has 0 bridgehead atoms. The van der Waals surface area contributed by atoms with Crippen LogP contribution in [0.2, 0.25) is 0 Å². The number of benzene rings is 1. The fourth-order valence-electron chi connectivity index (χ4n) is 0.676. The van der Waals surface area contributed by atoms with Gasteiger partial charge in [0.2, 0.25) is 0 Å². The van der Waals surface area contributed by atoms with E-state index in [4.69, 9.17) is 19.8 Å². The standard InChI is InChI=1S/C6H4.C2H2O4/c1-2-5-4-6(5)3-1;3-1(4)2(5)6/h1-4H;(H,3,4)(H,5,6). The Morgan fingerprint density at radius 3 is 1.50 bits per heavy atom. The molecule has 0 aromatic carbocycles. The molecular weight excluding hydrogens is 160 g/mol. The second-order valence-electron chi connectivity index (χ2n) is 2.19. The highest BCUT2D eigenvalue weighted by Crippen LogP contribution is 2.32. The number of carbonyl (C=O) groups is 2. The summed E-state index contributed by atoms with van der Waals surface area (Å²) in [5.74, 6) is -3.65. The number of rotatable bonds is 0. The minimum atomic E-state index is -1.82. The Labute approximate surface area is 68.1 Å². The zero-order valence-corrected chi connectivity index (χ0v) is 6.02. The summed E-state index contributed by atoms with van der Waals surface area (Å²) < 4.78 is 0. The van der Waals surface area contributed by atoms with Gasteiger partial charge in [0.05, 0.1) is 0 Å². The van der Waals surface area contributed by atoms with Crippen molar-refractivity contribution in [2.24, 2.45) is 0 Å². The molecule has 12 heavy (non-hydrogen) atoms. The van der Waals surface area contributed by atoms with E-state index in [9.17, 15) is 0 Å². The van der Waals surface area contributed by atoms with Gasteiger partial charge in [0.25, 0.3) is 0 Å². The lowest BCUT2D eigenvalue weighted by molar-refractivity contribution is -0.159. The average Bonchev–Trinajstić information content (AvgIpc) is 2.60. The van der Waals surface area contributed by atoms with Crippen LogP contribution in [0.15, 0.2) is 24.3 Å². The Hall–Kier alpha value is -1.84. The molecule has 4 heteroatoms. The molecule has 0 saturated carbocycles. The van der Waals surface area contributed by atoms with Gasteiger partial charge in [0, 0.05) is 0 Å². The van der Waals surface area contributed by atoms with Crippen molar-refractivity contribution in [1.82, 2.24) is 0 Å². The summed E-state index contributed by atoms with van der Waals surface area (Å²) in [4.78, 5) is 18.2. The molecule has 0 aromatic heterocycles. The first-order valence-corrected chi connectivity index (χ1v) is 3.18. The Bertz CT molecular complexity index is 300. The van der Waals surface area contributed by atoms with Crippen molar-refractivity contribution in [1.29, 1.82) is 0 Å². The van der Waals surface area contributed by atoms with Crippen molar-refractivity contribution >= 4 is 11.9 Å². The van der Waals surface area contributed by atoms with Crippen molar-refractivity contribution in [3.05, 3.63) is 24.3 Å². The van der Waals surface area contributed by atoms with E-state index < -0.39 is 11.9 Å². The normalized spacial score (nSPS) is 9.33. The summed E-state index contributed by atoms with van der Waals surface area (Å²) in [6.07, 6.45) is 0. The highest BCUT2D eigenvalue weighted by Gasteiger charge is 2.07. The van der Waals surface area contributed by atoms with Gasteiger partial charge in [-0.15, -0.1) is 0 Å². The number of carboxylic acids is 2. The van der Waals surface area contributed by atoms with Crippen molar-refractivity contribution in [3.63, 3.8) is 0 Å². The van der Waals surface area contributed by atoms with Crippen LogP contribution in [-0.4, -0.2) is 22.2 Å². The SMILES string of the molecule is O=C(O)C(=O)O.c1cc2cc-2c1. The van der Waals surface area contributed by atoms with Crippen molar-refractivity contribution < 1.29 is 19.8 Å². The van der Waals surface area contributed by atoms with Crippen LogP contribution in [0.4, 0.5) is 0 Å². The van der Waals surface area contributed by atoms with Crippen LogP contribution in [0, 0.1) is 0 Å². The molecule has 4 nitrogen and oxygen atoms in total. The average molecular weight is 166 g/mol. The second kappa shape index (κ2) is 3.04. The monoisotopic (exact) mass is 166 g/mol. The molecule has 0 radical (unpaired) electrons. The Morgan fingerprint density at radius 2 is 1.42 bits per heavy atom. The van der Waals surface area contributed by atoms with E-state index in [0.717, 1.165) is 0 Å². The molecule has 0 spiro atoms. The van der Waals surface area contributed by atoms with Crippen LogP contribution in [0.5, 0.6) is 0 Å². The van der Waals surface area contributed by atoms with Crippen molar-refractivity contribution in [2.45, 2.75) is 0 Å². The molecule has 62 valence electrons. The summed E-state index contributed by atoms with van der Waals surface area (Å²) in [6, 6.07) is 8.48. The van der Waals surface area contributed by atoms with E-state index >= 15 is 0 Å². The minimum Gasteiger partial charge on any atom is -0.473 e. The lowest BCUT2D eigenvalue weighted by atomic mass is 10.6. The van der Waals surface area contributed by atoms with Gasteiger partial charge < -0.3 is 10.2 Å². The maximum Gasteiger partial charge on any atom is 0.414 e. The van der Waals surface area contributed by atoms with E-state index in [1.807, 2.05) is 0 Å². The molecule has 0 saturated heterocycles. The Kier molecular flexibility index (Phi) is 2.09. The molecule has 0 unspecified atom stereocenters. The second-order valence-corrected chi connectivity index (χ2v) is 2.19. The highest BCUT2D eigenvalue weighted by atomic mass is 16.4. The van der Waals surface area contributed by atoms with Crippen LogP contribution in [-0.2, 0) is 9.59 Å². The largest absolute Gasteiger partial charge is 0.473 e. The van der Waals surface area contributed by atoms with Gasteiger partial charge >= 0.3 is 11.9 Å². The van der Waals surface area contributed by atoms with Crippen LogP contribution in [0.25, 0.3) is 11.1 Å². The summed E-state index contributed by atoms with van der Waals surface area (Å²) >= 11 is 0. The number of carboxylic acid groups (broad SMARTS) is 2. The Morgan fingerprint density at radius 1 is 1.00 bits per heavy atom. The van der Waals surface area contributed by atoms with Gasteiger partial charge in [-0.25, -0.2) is 9.59 Å². The van der Waals surface area contributed by atoms with Crippen molar-refractivity contribution in [2.75, 3.05) is 0 Å². The molecule has 0 atom stereocenters. The predicted octanol–water partition coefficient (Wildman–Crippen LogP) is 0.823. The fraction of sp³-hybridized carbons (Fsp3) is 0. The molecule has 2 N–H and O–H groups in total. The van der Waals surface area contributed by atoms with E-state index in [1.165, 1.54) is 11.1 Å². The van der Waals surface area contributed by atoms with Gasteiger partial charge in [-0.2, -0.15) is 0 Å². The summed E-state index contributed by atoms with van der Waals surface area (Å²) in [6.45, 7) is 0. The zero-order chi connectivity index (χ0) is 9.14. The van der Waals surface area contributed by atoms with Crippen LogP contribution in [0.1, 0.15) is 0 Å². The lowest BCUT2D eigenvalue weighted by Gasteiger charge is -1.72. The number of hydrogen-bond acceptors (Lipinski definition) is 2. The molecule has 2 aliphatic carbocycles. The first-order chi connectivity index (χ1) is 5.61. The highest BCUT2D eigenvalue weighted by molar-refractivity contribution is 6.27. The summed E-state index contributed by atoms with van der Waals surface area (Å²) in [5, 5.41) is 14.8. The van der Waals surface area contributed by atoms with Crippen LogP contribution in [0.3, 0.4) is 0 Å². The maximum atomic E-state index is 9.10. The van der Waals surface area contributed by atoms with Gasteiger partial charge in [0.15, 0.2) is 0 Å². The first kappa shape index (κ1) is 8.26. The third-order valence-electron chi connectivity index (χ3n) is 1.30. The molecular formula is C8H6O4. The number of aliphatic carboxylic acids is 2. The van der Waals surface area contributed by atoms with Gasteiger partial charge in [-0.1, -0.05) is 18.2 Å². The first-order valence-electron chi connectivity index (χ1n) is 3.18. The third kappa shape index (κ3) is 2.09. The number of fused-ring (bicyclic) bond motifs is 1. The molecule has 0 fully saturated rings. The molecule has 2 aliphatic rings. The maximum absolute atomic E-state index is 9.10. The molecule has 0 aliphatic heterocycles. The lowest BCUT2D eigenvalue weighted by Crippen LogP contribution is -2.09. The van der Waals surface area contributed by atoms with E-state index in [2.05, 4.69) is 24.3 Å². The van der Waals surface area contributed by atoms with Gasteiger partial charge in [0.1, 0.15) is 0 Å². The predicted molar refractivity (Wildman–Crippen MR) is 40.7 cm³/mol. The molecule has 0 aromatic rings.